The van der Waals surface area contributed by atoms with E-state index in [0.717, 1.165) is 38.2 Å². The first-order valence-electron chi connectivity index (χ1n) is 8.15. The van der Waals surface area contributed by atoms with Crippen LogP contribution >= 0.6 is 0 Å². The Morgan fingerprint density at radius 2 is 2.09 bits per heavy atom. The molecule has 0 bridgehead atoms. The zero-order valence-electron chi connectivity index (χ0n) is 14.9. The smallest absolute Gasteiger partial charge is 0.227 e. The molecule has 5 heteroatoms. The van der Waals surface area contributed by atoms with Crippen LogP contribution in [0.2, 0.25) is 0 Å². The topological polar surface area (TPSA) is 41.4 Å². The van der Waals surface area contributed by atoms with Crippen LogP contribution in [0.25, 0.3) is 0 Å². The van der Waals surface area contributed by atoms with E-state index in [9.17, 15) is 4.79 Å². The van der Waals surface area contributed by atoms with Crippen LogP contribution < -0.4 is 0 Å². The van der Waals surface area contributed by atoms with E-state index in [0.29, 0.717) is 5.92 Å². The largest absolute Gasteiger partial charge is 0.342 e. The molecule has 0 saturated carbocycles. The van der Waals surface area contributed by atoms with Gasteiger partial charge >= 0.3 is 0 Å². The molecule has 5 nitrogen and oxygen atoms in total. The third-order valence-electron chi connectivity index (χ3n) is 4.24. The molecule has 0 aromatic carbocycles. The molecule has 1 fully saturated rings. The van der Waals surface area contributed by atoms with E-state index in [1.807, 2.05) is 37.4 Å². The van der Waals surface area contributed by atoms with E-state index in [1.54, 1.807) is 0 Å². The van der Waals surface area contributed by atoms with Crippen LogP contribution in [-0.4, -0.2) is 52.7 Å². The Hall–Kier alpha value is -1.36. The molecule has 2 heterocycles. The summed E-state index contributed by atoms with van der Waals surface area (Å²) in [6.45, 7) is 8.55. The van der Waals surface area contributed by atoms with Crippen molar-refractivity contribution in [1.82, 2.24) is 19.6 Å². The van der Waals surface area contributed by atoms with Gasteiger partial charge < -0.3 is 9.80 Å². The average Bonchev–Trinajstić information content (AvgIpc) is 2.78. The fraction of sp³-hybridized carbons (Fsp3) is 0.765. The van der Waals surface area contributed by atoms with Gasteiger partial charge in [0.1, 0.15) is 0 Å². The highest BCUT2D eigenvalue weighted by molar-refractivity contribution is 5.81. The number of hydrogen-bond donors (Lipinski definition) is 0. The summed E-state index contributed by atoms with van der Waals surface area (Å²) in [4.78, 5) is 16.7. The first-order chi connectivity index (χ1) is 10.2. The molecule has 1 amide bonds. The molecule has 1 saturated heterocycles. The summed E-state index contributed by atoms with van der Waals surface area (Å²) in [7, 11) is 6.14. The molecule has 124 valence electrons. The molecule has 1 unspecified atom stereocenters. The van der Waals surface area contributed by atoms with Crippen LogP contribution in [0.15, 0.2) is 6.07 Å². The number of carbonyl (C=O) groups excluding carboxylic acids is 1. The molecule has 0 N–H and O–H groups in total. The van der Waals surface area contributed by atoms with Crippen molar-refractivity contribution in [1.29, 1.82) is 0 Å². The average molecular weight is 306 g/mol. The summed E-state index contributed by atoms with van der Waals surface area (Å²) in [5, 5.41) is 4.70. The van der Waals surface area contributed by atoms with Crippen molar-refractivity contribution in [3.63, 3.8) is 0 Å². The highest BCUT2D eigenvalue weighted by Crippen LogP contribution is 2.29. The first-order valence-corrected chi connectivity index (χ1v) is 8.15. The lowest BCUT2D eigenvalue weighted by Gasteiger charge is -2.36. The van der Waals surface area contributed by atoms with Gasteiger partial charge in [0.2, 0.25) is 5.91 Å². The number of nitrogens with zero attached hydrogens (tertiary/aromatic N) is 4. The third-order valence-corrected chi connectivity index (χ3v) is 4.24. The number of aromatic nitrogens is 2. The van der Waals surface area contributed by atoms with Gasteiger partial charge in [-0.2, -0.15) is 5.10 Å². The van der Waals surface area contributed by atoms with E-state index in [2.05, 4.69) is 25.1 Å². The van der Waals surface area contributed by atoms with Crippen molar-refractivity contribution < 1.29 is 4.79 Å². The van der Waals surface area contributed by atoms with Gasteiger partial charge in [-0.15, -0.1) is 0 Å². The van der Waals surface area contributed by atoms with E-state index < -0.39 is 0 Å². The Bertz CT molecular complexity index is 527. The van der Waals surface area contributed by atoms with Crippen LogP contribution in [0.5, 0.6) is 0 Å². The molecule has 1 aliphatic heterocycles. The number of aryl methyl sites for hydroxylation is 1. The van der Waals surface area contributed by atoms with Crippen molar-refractivity contribution in [3.8, 4) is 0 Å². The number of amides is 1. The molecule has 1 atom stereocenters. The van der Waals surface area contributed by atoms with Crippen LogP contribution in [-0.2, 0) is 18.4 Å². The lowest BCUT2D eigenvalue weighted by Crippen LogP contribution is -2.44. The monoisotopic (exact) mass is 306 g/mol. The summed E-state index contributed by atoms with van der Waals surface area (Å²) in [6, 6.07) is 2.20. The molecule has 0 radical (unpaired) electrons. The maximum atomic E-state index is 12.5. The van der Waals surface area contributed by atoms with Crippen molar-refractivity contribution in [2.45, 2.75) is 46.1 Å². The quantitative estimate of drug-likeness (QED) is 0.860. The zero-order chi connectivity index (χ0) is 16.5. The molecule has 1 aromatic rings. The Morgan fingerprint density at radius 3 is 2.68 bits per heavy atom. The van der Waals surface area contributed by atoms with Gasteiger partial charge in [-0.05, 0) is 33.0 Å². The SMILES string of the molecule is CN(C)Cc1cc(C2CCCN(C(=O)C(C)(C)C)C2)nn1C. The van der Waals surface area contributed by atoms with E-state index in [1.165, 1.54) is 5.69 Å². The summed E-state index contributed by atoms with van der Waals surface area (Å²) < 4.78 is 1.97. The number of carbonyl (C=O) groups is 1. The van der Waals surface area contributed by atoms with Gasteiger partial charge in [-0.3, -0.25) is 9.48 Å². The van der Waals surface area contributed by atoms with Crippen LogP contribution in [0, 0.1) is 5.41 Å². The van der Waals surface area contributed by atoms with Crippen molar-refractivity contribution in [3.05, 3.63) is 17.5 Å². The Kier molecular flexibility index (Phi) is 4.95. The molecule has 1 aromatic heterocycles. The Labute approximate surface area is 134 Å². The number of hydrogen-bond acceptors (Lipinski definition) is 3. The minimum Gasteiger partial charge on any atom is -0.342 e. The van der Waals surface area contributed by atoms with Gasteiger partial charge in [0.15, 0.2) is 0 Å². The molecular formula is C17H30N4O. The normalized spacial score (nSPS) is 19.8. The Morgan fingerprint density at radius 1 is 1.41 bits per heavy atom. The highest BCUT2D eigenvalue weighted by atomic mass is 16.2. The van der Waals surface area contributed by atoms with Gasteiger partial charge in [-0.1, -0.05) is 20.8 Å². The van der Waals surface area contributed by atoms with Crippen LogP contribution in [0.1, 0.15) is 50.9 Å². The molecule has 22 heavy (non-hydrogen) atoms. The maximum absolute atomic E-state index is 12.5. The molecular weight excluding hydrogens is 276 g/mol. The van der Waals surface area contributed by atoms with E-state index >= 15 is 0 Å². The first kappa shape index (κ1) is 17.0. The third kappa shape index (κ3) is 3.88. The van der Waals surface area contributed by atoms with Crippen LogP contribution in [0.4, 0.5) is 0 Å². The minimum absolute atomic E-state index is 0.252. The predicted molar refractivity (Wildman–Crippen MR) is 88.6 cm³/mol. The van der Waals surface area contributed by atoms with Gasteiger partial charge in [0.25, 0.3) is 0 Å². The van der Waals surface area contributed by atoms with Crippen molar-refractivity contribution >= 4 is 5.91 Å². The van der Waals surface area contributed by atoms with Gasteiger partial charge in [-0.25, -0.2) is 0 Å². The highest BCUT2D eigenvalue weighted by Gasteiger charge is 2.32. The van der Waals surface area contributed by atoms with Crippen molar-refractivity contribution in [2.75, 3.05) is 27.2 Å². The lowest BCUT2D eigenvalue weighted by atomic mass is 9.90. The molecule has 1 aliphatic rings. The maximum Gasteiger partial charge on any atom is 0.227 e. The minimum atomic E-state index is -0.303. The van der Waals surface area contributed by atoms with E-state index in [-0.39, 0.29) is 11.3 Å². The fourth-order valence-electron chi connectivity index (χ4n) is 3.08. The van der Waals surface area contributed by atoms with Crippen LogP contribution in [0.3, 0.4) is 0 Å². The summed E-state index contributed by atoms with van der Waals surface area (Å²) in [6.07, 6.45) is 2.18. The second-order valence-electron chi connectivity index (χ2n) is 7.76. The van der Waals surface area contributed by atoms with Crippen molar-refractivity contribution in [2.24, 2.45) is 12.5 Å². The second-order valence-corrected chi connectivity index (χ2v) is 7.76. The number of rotatable bonds is 3. The molecule has 0 spiro atoms. The molecule has 2 rings (SSSR count). The fourth-order valence-corrected chi connectivity index (χ4v) is 3.08. The summed E-state index contributed by atoms with van der Waals surface area (Å²) in [5.41, 5.74) is 2.05. The predicted octanol–water partition coefficient (Wildman–Crippen LogP) is 2.23. The summed E-state index contributed by atoms with van der Waals surface area (Å²) in [5.74, 6) is 0.615. The standard InChI is InChI=1S/C17H30N4O/c1-17(2,3)16(22)21-9-7-8-13(11-21)15-10-14(12-19(4)5)20(6)18-15/h10,13H,7-9,11-12H2,1-6H3. The zero-order valence-corrected chi connectivity index (χ0v) is 14.9. The second kappa shape index (κ2) is 6.41. The number of piperidine rings is 1. The lowest BCUT2D eigenvalue weighted by molar-refractivity contribution is -0.140. The summed E-state index contributed by atoms with van der Waals surface area (Å²) >= 11 is 0. The van der Waals surface area contributed by atoms with E-state index in [4.69, 9.17) is 5.10 Å². The van der Waals surface area contributed by atoms with Gasteiger partial charge in [0.05, 0.1) is 11.4 Å². The van der Waals surface area contributed by atoms with Gasteiger partial charge in [0, 0.05) is 38.0 Å². The molecule has 0 aliphatic carbocycles. The Balaban J connectivity index is 2.11. The number of likely N-dealkylation sites (tertiary alicyclic amines) is 1.